The molecule has 0 aliphatic heterocycles. The van der Waals surface area contributed by atoms with Crippen molar-refractivity contribution in [2.24, 2.45) is 4.99 Å². The van der Waals surface area contributed by atoms with E-state index in [2.05, 4.69) is 4.99 Å². The van der Waals surface area contributed by atoms with E-state index in [4.69, 9.17) is 16.0 Å². The van der Waals surface area contributed by atoms with Gasteiger partial charge in [0.15, 0.2) is 0 Å². The van der Waals surface area contributed by atoms with Crippen LogP contribution in [0.1, 0.15) is 17.1 Å². The summed E-state index contributed by atoms with van der Waals surface area (Å²) in [6.45, 7) is 3.77. The number of hydrogen-bond donors (Lipinski definition) is 0. The summed E-state index contributed by atoms with van der Waals surface area (Å²) in [5.41, 5.74) is 1.69. The van der Waals surface area contributed by atoms with Crippen LogP contribution >= 0.6 is 11.6 Å². The largest absolute Gasteiger partial charge is 0.466 e. The van der Waals surface area contributed by atoms with Gasteiger partial charge in [0.1, 0.15) is 16.7 Å². The number of rotatable bonds is 2. The molecule has 0 aliphatic rings. The summed E-state index contributed by atoms with van der Waals surface area (Å²) in [6.07, 6.45) is 0. The second-order valence-electron chi connectivity index (χ2n) is 3.57. The van der Waals surface area contributed by atoms with Crippen LogP contribution in [0.15, 0.2) is 45.8 Å². The summed E-state index contributed by atoms with van der Waals surface area (Å²) in [6, 6.07) is 11.5. The molecule has 1 aromatic carbocycles. The van der Waals surface area contributed by atoms with Crippen LogP contribution in [0, 0.1) is 13.8 Å². The number of nitrogens with zero attached hydrogens (tertiary/aromatic N) is 1. The zero-order chi connectivity index (χ0) is 11.5. The third kappa shape index (κ3) is 2.34. The summed E-state index contributed by atoms with van der Waals surface area (Å²) < 4.78 is 5.41. The quantitative estimate of drug-likeness (QED) is 0.714. The molecular formula is C13H12ClNO. The van der Waals surface area contributed by atoms with Crippen molar-refractivity contribution in [1.29, 1.82) is 0 Å². The summed E-state index contributed by atoms with van der Waals surface area (Å²) in [5, 5.41) is 0.459. The van der Waals surface area contributed by atoms with E-state index in [-0.39, 0.29) is 0 Å². The van der Waals surface area contributed by atoms with E-state index in [1.54, 1.807) is 0 Å². The van der Waals surface area contributed by atoms with Crippen molar-refractivity contribution < 1.29 is 4.42 Å². The minimum absolute atomic E-state index is 0.459. The Hall–Kier alpha value is -1.54. The molecule has 0 fully saturated rings. The van der Waals surface area contributed by atoms with E-state index in [1.165, 1.54) is 0 Å². The fourth-order valence-corrected chi connectivity index (χ4v) is 1.80. The monoisotopic (exact) mass is 233 g/mol. The smallest absolute Gasteiger partial charge is 0.140 e. The van der Waals surface area contributed by atoms with Crippen LogP contribution in [0.4, 0.5) is 5.69 Å². The van der Waals surface area contributed by atoms with Crippen LogP contribution in [-0.4, -0.2) is 5.17 Å². The van der Waals surface area contributed by atoms with Crippen LogP contribution in [0.5, 0.6) is 0 Å². The van der Waals surface area contributed by atoms with E-state index in [9.17, 15) is 0 Å². The fraction of sp³-hybridized carbons (Fsp3) is 0.154. The highest BCUT2D eigenvalue weighted by Gasteiger charge is 2.09. The van der Waals surface area contributed by atoms with Crippen LogP contribution in [0.2, 0.25) is 0 Å². The second-order valence-corrected chi connectivity index (χ2v) is 3.92. The minimum atomic E-state index is 0.459. The van der Waals surface area contributed by atoms with Crippen molar-refractivity contribution in [3.63, 3.8) is 0 Å². The SMILES string of the molecule is Cc1cc(C(Cl)=Nc2ccccc2)c(C)o1. The Morgan fingerprint density at radius 2 is 1.88 bits per heavy atom. The molecule has 0 aliphatic carbocycles. The minimum Gasteiger partial charge on any atom is -0.466 e. The lowest BCUT2D eigenvalue weighted by Crippen LogP contribution is -1.89. The van der Waals surface area contributed by atoms with Crippen LogP contribution < -0.4 is 0 Å². The van der Waals surface area contributed by atoms with Gasteiger partial charge in [0.2, 0.25) is 0 Å². The van der Waals surface area contributed by atoms with Crippen molar-refractivity contribution in [2.75, 3.05) is 0 Å². The number of aryl methyl sites for hydroxylation is 2. The Labute approximate surface area is 99.6 Å². The zero-order valence-electron chi connectivity index (χ0n) is 9.20. The average Bonchev–Trinajstić information content (AvgIpc) is 2.59. The fourth-order valence-electron chi connectivity index (χ4n) is 1.51. The molecule has 3 heteroatoms. The number of aliphatic imine (C=N–C) groups is 1. The lowest BCUT2D eigenvalue weighted by atomic mass is 10.2. The van der Waals surface area contributed by atoms with Crippen molar-refractivity contribution in [1.82, 2.24) is 0 Å². The molecule has 1 heterocycles. The van der Waals surface area contributed by atoms with E-state index >= 15 is 0 Å². The van der Waals surface area contributed by atoms with Crippen molar-refractivity contribution in [2.45, 2.75) is 13.8 Å². The van der Waals surface area contributed by atoms with Gasteiger partial charge in [-0.15, -0.1) is 0 Å². The number of furan rings is 1. The van der Waals surface area contributed by atoms with E-state index in [0.29, 0.717) is 5.17 Å². The highest BCUT2D eigenvalue weighted by molar-refractivity contribution is 6.70. The number of para-hydroxylation sites is 1. The topological polar surface area (TPSA) is 25.5 Å². The molecule has 2 rings (SSSR count). The van der Waals surface area contributed by atoms with Crippen LogP contribution in [0.25, 0.3) is 0 Å². The van der Waals surface area contributed by atoms with Crippen molar-refractivity contribution >= 4 is 22.5 Å². The Morgan fingerprint density at radius 1 is 1.19 bits per heavy atom. The van der Waals surface area contributed by atoms with E-state index in [0.717, 1.165) is 22.8 Å². The van der Waals surface area contributed by atoms with Gasteiger partial charge in [-0.2, -0.15) is 0 Å². The molecule has 82 valence electrons. The summed E-state index contributed by atoms with van der Waals surface area (Å²) in [5.74, 6) is 1.64. The number of hydrogen-bond acceptors (Lipinski definition) is 2. The molecule has 0 bridgehead atoms. The maximum absolute atomic E-state index is 6.15. The molecule has 2 nitrogen and oxygen atoms in total. The molecule has 0 saturated heterocycles. The Balaban J connectivity index is 2.35. The molecule has 0 N–H and O–H groups in total. The van der Waals surface area contributed by atoms with Gasteiger partial charge in [0, 0.05) is 0 Å². The Kier molecular flexibility index (Phi) is 3.11. The highest BCUT2D eigenvalue weighted by Crippen LogP contribution is 2.20. The average molecular weight is 234 g/mol. The Morgan fingerprint density at radius 3 is 2.44 bits per heavy atom. The van der Waals surface area contributed by atoms with Gasteiger partial charge in [-0.3, -0.25) is 0 Å². The van der Waals surface area contributed by atoms with Crippen molar-refractivity contribution in [3.05, 3.63) is 53.5 Å². The Bertz CT molecular complexity index is 514. The molecule has 0 spiro atoms. The van der Waals surface area contributed by atoms with Gasteiger partial charge in [-0.25, -0.2) is 4.99 Å². The lowest BCUT2D eigenvalue weighted by Gasteiger charge is -1.96. The second kappa shape index (κ2) is 4.54. The van der Waals surface area contributed by atoms with Crippen LogP contribution in [-0.2, 0) is 0 Å². The molecule has 0 atom stereocenters. The first-order chi connectivity index (χ1) is 7.66. The maximum Gasteiger partial charge on any atom is 0.140 e. The van der Waals surface area contributed by atoms with Gasteiger partial charge in [0.05, 0.1) is 11.3 Å². The van der Waals surface area contributed by atoms with Gasteiger partial charge < -0.3 is 4.42 Å². The molecule has 2 aromatic rings. The summed E-state index contributed by atoms with van der Waals surface area (Å²) >= 11 is 6.15. The predicted octanol–water partition coefficient (Wildman–Crippen LogP) is 4.21. The van der Waals surface area contributed by atoms with E-state index < -0.39 is 0 Å². The highest BCUT2D eigenvalue weighted by atomic mass is 35.5. The van der Waals surface area contributed by atoms with Crippen molar-refractivity contribution in [3.8, 4) is 0 Å². The normalized spacial score (nSPS) is 11.8. The molecule has 16 heavy (non-hydrogen) atoms. The van der Waals surface area contributed by atoms with E-state index in [1.807, 2.05) is 50.2 Å². The number of halogens is 1. The summed E-state index contributed by atoms with van der Waals surface area (Å²) in [4.78, 5) is 4.33. The molecular weight excluding hydrogens is 222 g/mol. The first-order valence-corrected chi connectivity index (χ1v) is 5.41. The van der Waals surface area contributed by atoms with Gasteiger partial charge in [-0.1, -0.05) is 29.8 Å². The van der Waals surface area contributed by atoms with Gasteiger partial charge >= 0.3 is 0 Å². The number of benzene rings is 1. The molecule has 0 amide bonds. The maximum atomic E-state index is 6.15. The standard InChI is InChI=1S/C13H12ClNO/c1-9-8-12(10(2)16-9)13(14)15-11-6-4-3-5-7-11/h3-8H,1-2H3. The first-order valence-electron chi connectivity index (χ1n) is 5.03. The third-order valence-electron chi connectivity index (χ3n) is 2.25. The lowest BCUT2D eigenvalue weighted by molar-refractivity contribution is 0.504. The molecule has 1 aromatic heterocycles. The third-order valence-corrected chi connectivity index (χ3v) is 2.53. The molecule has 0 radical (unpaired) electrons. The molecule has 0 saturated carbocycles. The predicted molar refractivity (Wildman–Crippen MR) is 66.7 cm³/mol. The van der Waals surface area contributed by atoms with Gasteiger partial charge in [0.25, 0.3) is 0 Å². The summed E-state index contributed by atoms with van der Waals surface area (Å²) in [7, 11) is 0. The first kappa shape index (κ1) is 11.0. The zero-order valence-corrected chi connectivity index (χ0v) is 9.95. The van der Waals surface area contributed by atoms with Gasteiger partial charge in [-0.05, 0) is 32.0 Å². The molecule has 0 unspecified atom stereocenters. The van der Waals surface area contributed by atoms with Crippen LogP contribution in [0.3, 0.4) is 0 Å².